The number of thioether (sulfide) groups is 1. The van der Waals surface area contributed by atoms with Crippen molar-refractivity contribution in [1.82, 2.24) is 0 Å². The summed E-state index contributed by atoms with van der Waals surface area (Å²) in [4.78, 5) is 0. The summed E-state index contributed by atoms with van der Waals surface area (Å²) in [6.07, 6.45) is 2.91. The summed E-state index contributed by atoms with van der Waals surface area (Å²) in [6, 6.07) is 0. The fourth-order valence-electron chi connectivity index (χ4n) is 0.996. The smallest absolute Gasteiger partial charge is 0.00573 e. The van der Waals surface area contributed by atoms with Gasteiger partial charge in [0, 0.05) is 5.25 Å². The second-order valence-electron chi connectivity index (χ2n) is 2.91. The summed E-state index contributed by atoms with van der Waals surface area (Å²) in [6.45, 7) is 4.61. The van der Waals surface area contributed by atoms with Crippen molar-refractivity contribution in [2.45, 2.75) is 31.9 Å². The molecule has 1 rings (SSSR count). The van der Waals surface area contributed by atoms with E-state index in [0.717, 1.165) is 11.2 Å². The van der Waals surface area contributed by atoms with E-state index in [4.69, 9.17) is 0 Å². The van der Waals surface area contributed by atoms with Gasteiger partial charge in [-0.3, -0.25) is 0 Å². The van der Waals surface area contributed by atoms with Gasteiger partial charge in [-0.25, -0.2) is 0 Å². The third kappa shape index (κ3) is 1.70. The molecule has 1 fully saturated rings. The second kappa shape index (κ2) is 2.77. The van der Waals surface area contributed by atoms with E-state index >= 15 is 0 Å². The summed E-state index contributed by atoms with van der Waals surface area (Å²) in [5.74, 6) is 2.32. The maximum absolute atomic E-state index is 2.30. The van der Waals surface area contributed by atoms with Crippen LogP contribution in [-0.2, 0) is 0 Å². The molecule has 0 spiro atoms. The molecule has 8 heavy (non-hydrogen) atoms. The van der Waals surface area contributed by atoms with E-state index in [1.54, 1.807) is 0 Å². The first-order chi connectivity index (χ1) is 3.79. The first kappa shape index (κ1) is 6.47. The van der Waals surface area contributed by atoms with Gasteiger partial charge in [0.05, 0.1) is 0 Å². The van der Waals surface area contributed by atoms with Crippen LogP contribution in [0, 0.1) is 5.92 Å². The van der Waals surface area contributed by atoms with Crippen LogP contribution in [0.1, 0.15) is 26.7 Å². The highest BCUT2D eigenvalue weighted by atomic mass is 32.2. The zero-order chi connectivity index (χ0) is 5.98. The van der Waals surface area contributed by atoms with Crippen molar-refractivity contribution in [2.24, 2.45) is 5.92 Å². The Labute approximate surface area is 56.0 Å². The maximum Gasteiger partial charge on any atom is 0.00573 e. The van der Waals surface area contributed by atoms with E-state index in [1.807, 2.05) is 0 Å². The molecule has 0 nitrogen and oxygen atoms in total. The molecule has 1 saturated heterocycles. The minimum absolute atomic E-state index is 0.910. The third-order valence-electron chi connectivity index (χ3n) is 1.53. The fourth-order valence-corrected chi connectivity index (χ4v) is 2.09. The van der Waals surface area contributed by atoms with Crippen molar-refractivity contribution in [3.05, 3.63) is 0 Å². The van der Waals surface area contributed by atoms with Crippen LogP contribution in [0.4, 0.5) is 0 Å². The maximum atomic E-state index is 2.30. The van der Waals surface area contributed by atoms with Crippen molar-refractivity contribution in [2.75, 3.05) is 5.75 Å². The molecule has 1 heterocycles. The lowest BCUT2D eigenvalue weighted by atomic mass is 10.1. The minimum Gasteiger partial charge on any atom is -0.159 e. The van der Waals surface area contributed by atoms with Gasteiger partial charge in [-0.2, -0.15) is 11.8 Å². The molecule has 0 aromatic carbocycles. The lowest BCUT2D eigenvalue weighted by Crippen LogP contribution is -2.17. The summed E-state index contributed by atoms with van der Waals surface area (Å²) in [5.41, 5.74) is 0. The van der Waals surface area contributed by atoms with Crippen LogP contribution in [0.5, 0.6) is 0 Å². The molecule has 0 saturated carbocycles. The Hall–Kier alpha value is 0.350. The van der Waals surface area contributed by atoms with Gasteiger partial charge >= 0.3 is 0 Å². The van der Waals surface area contributed by atoms with Gasteiger partial charge in [-0.1, -0.05) is 13.8 Å². The van der Waals surface area contributed by atoms with Crippen LogP contribution >= 0.6 is 11.8 Å². The van der Waals surface area contributed by atoms with Crippen molar-refractivity contribution in [1.29, 1.82) is 0 Å². The molecule has 1 aliphatic heterocycles. The van der Waals surface area contributed by atoms with Gasteiger partial charge in [0.15, 0.2) is 0 Å². The SMILES string of the molecule is CC(C)CC1CCS1. The molecule has 0 aliphatic carbocycles. The molecule has 1 atom stereocenters. The van der Waals surface area contributed by atoms with Crippen LogP contribution < -0.4 is 0 Å². The molecule has 0 N–H and O–H groups in total. The van der Waals surface area contributed by atoms with Crippen LogP contribution in [0.3, 0.4) is 0 Å². The standard InChI is InChI=1S/C7H14S/c1-6(2)5-7-3-4-8-7/h6-7H,3-5H2,1-2H3. The molecule has 0 aromatic rings. The van der Waals surface area contributed by atoms with E-state index in [-0.39, 0.29) is 0 Å². The van der Waals surface area contributed by atoms with Gasteiger partial charge in [-0.05, 0) is 24.5 Å². The molecule has 0 radical (unpaired) electrons. The lowest BCUT2D eigenvalue weighted by Gasteiger charge is -2.26. The summed E-state index contributed by atoms with van der Waals surface area (Å²) >= 11 is 2.13. The fraction of sp³-hybridized carbons (Fsp3) is 1.00. The highest BCUT2D eigenvalue weighted by Crippen LogP contribution is 2.32. The van der Waals surface area contributed by atoms with E-state index in [9.17, 15) is 0 Å². The Morgan fingerprint density at radius 3 is 2.38 bits per heavy atom. The van der Waals surface area contributed by atoms with Gasteiger partial charge in [0.25, 0.3) is 0 Å². The molecule has 1 aliphatic rings. The number of hydrogen-bond donors (Lipinski definition) is 0. The average molecular weight is 130 g/mol. The van der Waals surface area contributed by atoms with Crippen molar-refractivity contribution in [3.8, 4) is 0 Å². The van der Waals surface area contributed by atoms with E-state index in [0.29, 0.717) is 0 Å². The molecular weight excluding hydrogens is 116 g/mol. The summed E-state index contributed by atoms with van der Waals surface area (Å²) in [7, 11) is 0. The predicted octanol–water partition coefficient (Wildman–Crippen LogP) is 2.54. The number of rotatable bonds is 2. The van der Waals surface area contributed by atoms with Crippen molar-refractivity contribution >= 4 is 11.8 Å². The summed E-state index contributed by atoms with van der Waals surface area (Å²) in [5, 5.41) is 1.02. The van der Waals surface area contributed by atoms with Gasteiger partial charge in [0.2, 0.25) is 0 Å². The first-order valence-corrected chi connectivity index (χ1v) is 4.45. The minimum atomic E-state index is 0.910. The molecule has 0 aromatic heterocycles. The first-order valence-electron chi connectivity index (χ1n) is 3.40. The van der Waals surface area contributed by atoms with E-state index in [2.05, 4.69) is 25.6 Å². The van der Waals surface area contributed by atoms with E-state index in [1.165, 1.54) is 18.6 Å². The Balaban J connectivity index is 2.01. The Kier molecular flexibility index (Phi) is 2.24. The average Bonchev–Trinajstić information content (AvgIpc) is 1.55. The normalized spacial score (nSPS) is 28.1. The van der Waals surface area contributed by atoms with Crippen LogP contribution in [0.15, 0.2) is 0 Å². The second-order valence-corrected chi connectivity index (χ2v) is 4.32. The quantitative estimate of drug-likeness (QED) is 0.553. The molecule has 0 bridgehead atoms. The van der Waals surface area contributed by atoms with Gasteiger partial charge in [-0.15, -0.1) is 0 Å². The zero-order valence-corrected chi connectivity index (χ0v) is 6.50. The Morgan fingerprint density at radius 2 is 2.25 bits per heavy atom. The summed E-state index contributed by atoms with van der Waals surface area (Å²) < 4.78 is 0. The predicted molar refractivity (Wildman–Crippen MR) is 40.3 cm³/mol. The lowest BCUT2D eigenvalue weighted by molar-refractivity contribution is 0.549. The highest BCUT2D eigenvalue weighted by Gasteiger charge is 2.18. The highest BCUT2D eigenvalue weighted by molar-refractivity contribution is 8.01. The molecule has 48 valence electrons. The number of hydrogen-bond acceptors (Lipinski definition) is 1. The van der Waals surface area contributed by atoms with Gasteiger partial charge in [0.1, 0.15) is 0 Å². The topological polar surface area (TPSA) is 0 Å². The van der Waals surface area contributed by atoms with Crippen LogP contribution in [0.2, 0.25) is 0 Å². The molecule has 0 amide bonds. The molecule has 1 heteroatoms. The van der Waals surface area contributed by atoms with E-state index < -0.39 is 0 Å². The van der Waals surface area contributed by atoms with Gasteiger partial charge < -0.3 is 0 Å². The zero-order valence-electron chi connectivity index (χ0n) is 5.68. The Bertz CT molecular complexity index is 64.8. The van der Waals surface area contributed by atoms with Crippen LogP contribution in [-0.4, -0.2) is 11.0 Å². The Morgan fingerprint density at radius 1 is 1.62 bits per heavy atom. The third-order valence-corrected chi connectivity index (χ3v) is 2.90. The molecular formula is C7H14S. The monoisotopic (exact) mass is 130 g/mol. The van der Waals surface area contributed by atoms with Crippen LogP contribution in [0.25, 0.3) is 0 Å². The van der Waals surface area contributed by atoms with Crippen molar-refractivity contribution in [3.63, 3.8) is 0 Å². The molecule has 1 unspecified atom stereocenters. The van der Waals surface area contributed by atoms with Crippen molar-refractivity contribution < 1.29 is 0 Å². The largest absolute Gasteiger partial charge is 0.159 e.